The number of nitrogens with one attached hydrogen (secondary N) is 1. The third-order valence-electron chi connectivity index (χ3n) is 4.97. The Morgan fingerprint density at radius 2 is 1.77 bits per heavy atom. The number of benzene rings is 2. The van der Waals surface area contributed by atoms with Gasteiger partial charge in [0, 0.05) is 23.7 Å². The van der Waals surface area contributed by atoms with Gasteiger partial charge in [-0.3, -0.25) is 4.79 Å². The Labute approximate surface area is 182 Å². The van der Waals surface area contributed by atoms with Crippen LogP contribution in [0.5, 0.6) is 0 Å². The first-order chi connectivity index (χ1) is 14.5. The first kappa shape index (κ1) is 23.5. The summed E-state index contributed by atoms with van der Waals surface area (Å²) in [6, 6.07) is 5.71. The van der Waals surface area contributed by atoms with Crippen molar-refractivity contribution in [2.45, 2.75) is 42.9 Å². The summed E-state index contributed by atoms with van der Waals surface area (Å²) in [5.74, 6) is -1.58. The maximum absolute atomic E-state index is 14.4. The van der Waals surface area contributed by atoms with E-state index in [0.29, 0.717) is 37.6 Å². The van der Waals surface area contributed by atoms with Crippen molar-refractivity contribution in [1.82, 2.24) is 9.62 Å². The molecule has 168 valence electrons. The zero-order valence-electron chi connectivity index (χ0n) is 16.1. The molecule has 2 aromatic carbocycles. The van der Waals surface area contributed by atoms with Crippen molar-refractivity contribution in [3.63, 3.8) is 0 Å². The topological polar surface area (TPSA) is 66.5 Å². The third kappa shape index (κ3) is 5.36. The molecule has 1 heterocycles. The molecule has 1 aliphatic heterocycles. The number of carbonyl (C=O) groups is 1. The first-order valence-corrected chi connectivity index (χ1v) is 11.2. The molecule has 1 fully saturated rings. The predicted octanol–water partition coefficient (Wildman–Crippen LogP) is 4.36. The molecule has 1 atom stereocenters. The van der Waals surface area contributed by atoms with Gasteiger partial charge in [-0.1, -0.05) is 11.6 Å². The molecule has 0 aromatic heterocycles. The molecule has 1 N–H and O–H groups in total. The predicted molar refractivity (Wildman–Crippen MR) is 106 cm³/mol. The number of alkyl halides is 3. The van der Waals surface area contributed by atoms with Crippen molar-refractivity contribution < 1.29 is 30.8 Å². The molecular weight excluding hydrogens is 460 g/mol. The van der Waals surface area contributed by atoms with Gasteiger partial charge < -0.3 is 5.32 Å². The minimum atomic E-state index is -4.73. The van der Waals surface area contributed by atoms with Gasteiger partial charge in [0.05, 0.1) is 10.5 Å². The number of nitrogens with zero attached hydrogens (tertiary/aromatic N) is 1. The number of halogens is 5. The van der Waals surface area contributed by atoms with Crippen molar-refractivity contribution in [2.75, 3.05) is 6.54 Å². The maximum Gasteiger partial charge on any atom is 0.416 e. The van der Waals surface area contributed by atoms with Crippen LogP contribution in [0.3, 0.4) is 0 Å². The van der Waals surface area contributed by atoms with Crippen LogP contribution in [0.1, 0.15) is 30.4 Å². The van der Waals surface area contributed by atoms with Crippen LogP contribution in [0.2, 0.25) is 5.02 Å². The molecule has 0 aliphatic carbocycles. The lowest BCUT2D eigenvalue weighted by Crippen LogP contribution is -2.48. The fraction of sp³-hybridized carbons (Fsp3) is 0.350. The van der Waals surface area contributed by atoms with Gasteiger partial charge in [-0.05, 0) is 61.7 Å². The van der Waals surface area contributed by atoms with Crippen LogP contribution < -0.4 is 5.32 Å². The van der Waals surface area contributed by atoms with E-state index in [0.717, 1.165) is 4.31 Å². The maximum atomic E-state index is 14.4. The average Bonchev–Trinajstić information content (AvgIpc) is 2.91. The van der Waals surface area contributed by atoms with E-state index in [4.69, 9.17) is 11.6 Å². The van der Waals surface area contributed by atoms with Gasteiger partial charge in [0.15, 0.2) is 0 Å². The van der Waals surface area contributed by atoms with E-state index in [1.165, 1.54) is 24.3 Å². The summed E-state index contributed by atoms with van der Waals surface area (Å²) < 4.78 is 81.2. The van der Waals surface area contributed by atoms with Gasteiger partial charge in [-0.25, -0.2) is 12.8 Å². The minimum Gasteiger partial charge on any atom is -0.355 e. The van der Waals surface area contributed by atoms with Crippen LogP contribution >= 0.6 is 11.6 Å². The number of hydrogen-bond donors (Lipinski definition) is 1. The molecule has 3 rings (SSSR count). The summed E-state index contributed by atoms with van der Waals surface area (Å²) in [5.41, 5.74) is -1.59. The normalized spacial score (nSPS) is 18.0. The van der Waals surface area contributed by atoms with Crippen molar-refractivity contribution in [1.29, 1.82) is 0 Å². The van der Waals surface area contributed by atoms with Gasteiger partial charge in [-0.2, -0.15) is 17.5 Å². The molecule has 1 aliphatic rings. The van der Waals surface area contributed by atoms with Crippen LogP contribution in [0.25, 0.3) is 0 Å². The summed E-state index contributed by atoms with van der Waals surface area (Å²) in [6.07, 6.45) is -3.45. The van der Waals surface area contributed by atoms with E-state index in [2.05, 4.69) is 5.32 Å². The van der Waals surface area contributed by atoms with E-state index in [9.17, 15) is 30.8 Å². The molecule has 0 spiro atoms. The second kappa shape index (κ2) is 9.13. The minimum absolute atomic E-state index is 0.152. The second-order valence-corrected chi connectivity index (χ2v) is 9.44. The van der Waals surface area contributed by atoms with E-state index >= 15 is 0 Å². The summed E-state index contributed by atoms with van der Waals surface area (Å²) in [6.45, 7) is -0.388. The highest BCUT2D eigenvalue weighted by atomic mass is 35.5. The van der Waals surface area contributed by atoms with Gasteiger partial charge in [0.25, 0.3) is 0 Å². The highest BCUT2D eigenvalue weighted by molar-refractivity contribution is 7.89. The molecule has 2 aromatic rings. The van der Waals surface area contributed by atoms with Crippen LogP contribution in [0, 0.1) is 5.82 Å². The highest BCUT2D eigenvalue weighted by Gasteiger charge is 2.38. The van der Waals surface area contributed by atoms with Gasteiger partial charge in [0.2, 0.25) is 15.9 Å². The molecule has 1 saturated heterocycles. The Kier molecular flexibility index (Phi) is 6.92. The smallest absolute Gasteiger partial charge is 0.355 e. The van der Waals surface area contributed by atoms with E-state index in [1.807, 2.05) is 0 Å². The zero-order valence-corrected chi connectivity index (χ0v) is 17.7. The molecule has 0 saturated carbocycles. The lowest BCUT2D eigenvalue weighted by Gasteiger charge is -2.29. The largest absolute Gasteiger partial charge is 0.416 e. The number of hydrogen-bond acceptors (Lipinski definition) is 3. The van der Waals surface area contributed by atoms with Gasteiger partial charge in [-0.15, -0.1) is 0 Å². The number of rotatable bonds is 5. The lowest BCUT2D eigenvalue weighted by molar-refractivity contribution is -0.137. The summed E-state index contributed by atoms with van der Waals surface area (Å²) in [4.78, 5) is 12.4. The van der Waals surface area contributed by atoms with Gasteiger partial charge in [0.1, 0.15) is 11.9 Å². The fourth-order valence-electron chi connectivity index (χ4n) is 3.34. The number of amides is 1. The van der Waals surface area contributed by atoms with Crippen molar-refractivity contribution in [3.8, 4) is 0 Å². The van der Waals surface area contributed by atoms with E-state index < -0.39 is 51.6 Å². The van der Waals surface area contributed by atoms with E-state index in [-0.39, 0.29) is 16.3 Å². The zero-order chi connectivity index (χ0) is 22.8. The summed E-state index contributed by atoms with van der Waals surface area (Å²) >= 11 is 5.82. The molecule has 0 bridgehead atoms. The standard InChI is InChI=1S/C20H19ClF4N2O3S/c21-15-5-7-16(8-6-15)31(29,30)27(18-3-1-2-10-26-19(18)28)12-13-11-14(20(23,24)25)4-9-17(13)22/h4-9,11,18H,1-3,10,12H2,(H,26,28). The monoisotopic (exact) mass is 478 g/mol. The summed E-state index contributed by atoms with van der Waals surface area (Å²) in [7, 11) is -4.36. The number of carbonyl (C=O) groups excluding carboxylic acids is 1. The Morgan fingerprint density at radius 3 is 2.42 bits per heavy atom. The Balaban J connectivity index is 2.08. The Bertz CT molecular complexity index is 1060. The molecule has 1 unspecified atom stereocenters. The molecule has 5 nitrogen and oxygen atoms in total. The highest BCUT2D eigenvalue weighted by Crippen LogP contribution is 2.32. The second-order valence-electron chi connectivity index (χ2n) is 7.11. The third-order valence-corrected chi connectivity index (χ3v) is 7.09. The molecular formula is C20H19ClF4N2O3S. The van der Waals surface area contributed by atoms with Crippen molar-refractivity contribution in [2.24, 2.45) is 0 Å². The molecule has 0 radical (unpaired) electrons. The van der Waals surface area contributed by atoms with Gasteiger partial charge >= 0.3 is 6.18 Å². The Morgan fingerprint density at radius 1 is 1.10 bits per heavy atom. The van der Waals surface area contributed by atoms with Crippen LogP contribution in [0.4, 0.5) is 17.6 Å². The molecule has 31 heavy (non-hydrogen) atoms. The Hall–Kier alpha value is -2.17. The molecule has 1 amide bonds. The number of sulfonamides is 1. The van der Waals surface area contributed by atoms with Crippen LogP contribution in [0.15, 0.2) is 47.4 Å². The SMILES string of the molecule is O=C1NCCCCC1N(Cc1cc(C(F)(F)F)ccc1F)S(=O)(=O)c1ccc(Cl)cc1. The molecule has 11 heteroatoms. The fourth-order valence-corrected chi connectivity index (χ4v) is 5.06. The van der Waals surface area contributed by atoms with Crippen LogP contribution in [-0.4, -0.2) is 31.2 Å². The summed E-state index contributed by atoms with van der Waals surface area (Å²) in [5, 5.41) is 2.88. The van der Waals surface area contributed by atoms with E-state index in [1.54, 1.807) is 0 Å². The van der Waals surface area contributed by atoms with Crippen molar-refractivity contribution >= 4 is 27.5 Å². The lowest BCUT2D eigenvalue weighted by atomic mass is 10.1. The quantitative estimate of drug-likeness (QED) is 0.649. The van der Waals surface area contributed by atoms with Crippen molar-refractivity contribution in [3.05, 3.63) is 64.4 Å². The van der Waals surface area contributed by atoms with Crippen LogP contribution in [-0.2, 0) is 27.5 Å². The average molecular weight is 479 g/mol. The first-order valence-electron chi connectivity index (χ1n) is 9.41.